The van der Waals surface area contributed by atoms with Crippen molar-refractivity contribution in [2.45, 2.75) is 58.2 Å². The fourth-order valence-electron chi connectivity index (χ4n) is 8.29. The molecule has 18 heteroatoms. The van der Waals surface area contributed by atoms with Gasteiger partial charge in [-0.25, -0.2) is 0 Å². The first-order chi connectivity index (χ1) is 28.6. The SMILES string of the molecule is CCC(C(=O)NC(C)=O)N1C(=O)c2ccc(N3CCC(CN4CC(COC(=N)/C=C\C(=N)NC(=O)C5CCN(c6ccc(C#N)c(C(F)(F)F)c6)CC5)C4)CC3)cc2C1=O. The number of nitrogens with one attached hydrogen (secondary N) is 4. The minimum atomic E-state index is -4.66. The molecule has 1 unspecified atom stereocenters. The van der Waals surface area contributed by atoms with E-state index in [1.54, 1.807) is 30.0 Å². The van der Waals surface area contributed by atoms with Crippen LogP contribution in [0.1, 0.15) is 77.8 Å². The van der Waals surface area contributed by atoms with Crippen molar-refractivity contribution >= 4 is 52.6 Å². The van der Waals surface area contributed by atoms with Crippen LogP contribution in [0.2, 0.25) is 0 Å². The van der Waals surface area contributed by atoms with Crippen LogP contribution < -0.4 is 20.4 Å². The fourth-order valence-corrected chi connectivity index (χ4v) is 8.29. The molecule has 318 valence electrons. The lowest BCUT2D eigenvalue weighted by Crippen LogP contribution is -2.51. The van der Waals surface area contributed by atoms with Crippen LogP contribution in [0.25, 0.3) is 0 Å². The summed E-state index contributed by atoms with van der Waals surface area (Å²) in [5.41, 5.74) is 0.213. The number of halogens is 3. The first-order valence-corrected chi connectivity index (χ1v) is 20.0. The highest BCUT2D eigenvalue weighted by atomic mass is 19.4. The molecule has 4 aliphatic heterocycles. The van der Waals surface area contributed by atoms with Gasteiger partial charge < -0.3 is 24.8 Å². The second-order valence-electron chi connectivity index (χ2n) is 15.7. The van der Waals surface area contributed by atoms with Gasteiger partial charge in [0.25, 0.3) is 11.8 Å². The zero-order chi connectivity index (χ0) is 43.3. The molecule has 0 aliphatic carbocycles. The third-order valence-electron chi connectivity index (χ3n) is 11.5. The monoisotopic (exact) mass is 831 g/mol. The number of alkyl halides is 3. The minimum Gasteiger partial charge on any atom is -0.478 e. The molecular formula is C42H48F3N9O6. The van der Waals surface area contributed by atoms with E-state index in [9.17, 15) is 37.1 Å². The molecular weight excluding hydrogens is 784 g/mol. The van der Waals surface area contributed by atoms with Crippen LogP contribution in [0.3, 0.4) is 0 Å². The smallest absolute Gasteiger partial charge is 0.417 e. The minimum absolute atomic E-state index is 0.136. The number of carbonyl (C=O) groups is 5. The quantitative estimate of drug-likeness (QED) is 0.136. The van der Waals surface area contributed by atoms with Gasteiger partial charge in [0.1, 0.15) is 11.9 Å². The van der Waals surface area contributed by atoms with Gasteiger partial charge in [-0.15, -0.1) is 0 Å². The first kappa shape index (κ1) is 43.5. The number of nitrogens with zero attached hydrogens (tertiary/aromatic N) is 5. The maximum atomic E-state index is 13.4. The summed E-state index contributed by atoms with van der Waals surface area (Å²) in [6.45, 7) is 8.03. The van der Waals surface area contributed by atoms with Gasteiger partial charge in [0.15, 0.2) is 0 Å². The highest BCUT2D eigenvalue weighted by molar-refractivity contribution is 6.23. The van der Waals surface area contributed by atoms with Crippen molar-refractivity contribution in [2.24, 2.45) is 17.8 Å². The van der Waals surface area contributed by atoms with Gasteiger partial charge in [-0.3, -0.25) is 45.0 Å². The molecule has 1 atom stereocenters. The zero-order valence-electron chi connectivity index (χ0n) is 33.4. The molecule has 3 saturated heterocycles. The Kier molecular flexibility index (Phi) is 13.4. The summed E-state index contributed by atoms with van der Waals surface area (Å²) in [6, 6.07) is 9.25. The number of ether oxygens (including phenoxy) is 1. The summed E-state index contributed by atoms with van der Waals surface area (Å²) in [5, 5.41) is 30.0. The molecule has 6 rings (SSSR count). The molecule has 15 nitrogen and oxygen atoms in total. The van der Waals surface area contributed by atoms with Crippen LogP contribution in [0.15, 0.2) is 48.6 Å². The van der Waals surface area contributed by atoms with Gasteiger partial charge >= 0.3 is 6.18 Å². The van der Waals surface area contributed by atoms with Crippen LogP contribution in [0, 0.1) is 39.9 Å². The molecule has 4 heterocycles. The number of carbonyl (C=O) groups excluding carboxylic acids is 5. The topological polar surface area (TPSA) is 203 Å². The molecule has 2 aromatic carbocycles. The number of fused-ring (bicyclic) bond motifs is 1. The molecule has 0 spiro atoms. The summed E-state index contributed by atoms with van der Waals surface area (Å²) in [4.78, 5) is 70.5. The second kappa shape index (κ2) is 18.4. The van der Waals surface area contributed by atoms with Crippen LogP contribution in [-0.4, -0.2) is 110 Å². The largest absolute Gasteiger partial charge is 0.478 e. The Morgan fingerprint density at radius 2 is 1.52 bits per heavy atom. The van der Waals surface area contributed by atoms with Crippen molar-refractivity contribution < 1.29 is 41.9 Å². The lowest BCUT2D eigenvalue weighted by Gasteiger charge is -2.43. The molecule has 2 aromatic rings. The number of anilines is 2. The Bertz CT molecular complexity index is 2110. The lowest BCUT2D eigenvalue weighted by atomic mass is 9.92. The average Bonchev–Trinajstić information content (AvgIpc) is 3.45. The highest BCUT2D eigenvalue weighted by Crippen LogP contribution is 2.36. The molecule has 0 bridgehead atoms. The van der Waals surface area contributed by atoms with Gasteiger partial charge in [0, 0.05) is 82.0 Å². The van der Waals surface area contributed by atoms with Crippen LogP contribution in [-0.2, 0) is 25.3 Å². The number of hydrogen-bond donors (Lipinski definition) is 4. The average molecular weight is 832 g/mol. The molecule has 5 amide bonds. The fraction of sp³-hybridized carbons (Fsp3) is 0.476. The third kappa shape index (κ3) is 10.0. The van der Waals surface area contributed by atoms with E-state index in [0.29, 0.717) is 44.1 Å². The number of benzene rings is 2. The Morgan fingerprint density at radius 3 is 2.13 bits per heavy atom. The van der Waals surface area contributed by atoms with Crippen molar-refractivity contribution in [2.75, 3.05) is 62.2 Å². The summed E-state index contributed by atoms with van der Waals surface area (Å²) in [6.07, 6.45) is 0.729. The van der Waals surface area contributed by atoms with E-state index in [1.807, 2.05) is 6.07 Å². The molecule has 60 heavy (non-hydrogen) atoms. The molecule has 0 radical (unpaired) electrons. The van der Waals surface area contributed by atoms with E-state index >= 15 is 0 Å². The Balaban J connectivity index is 0.863. The zero-order valence-corrected chi connectivity index (χ0v) is 33.4. The number of amides is 5. The molecule has 0 aromatic heterocycles. The summed E-state index contributed by atoms with van der Waals surface area (Å²) in [5.74, 6) is -2.77. The first-order valence-electron chi connectivity index (χ1n) is 20.0. The van der Waals surface area contributed by atoms with E-state index in [4.69, 9.17) is 20.8 Å². The summed E-state index contributed by atoms with van der Waals surface area (Å²) < 4.78 is 45.8. The maximum absolute atomic E-state index is 13.4. The Labute approximate surface area is 345 Å². The second-order valence-corrected chi connectivity index (χ2v) is 15.7. The molecule has 0 saturated carbocycles. The van der Waals surface area contributed by atoms with E-state index in [2.05, 4.69) is 20.4 Å². The molecule has 4 N–H and O–H groups in total. The predicted octanol–water partition coefficient (Wildman–Crippen LogP) is 4.32. The maximum Gasteiger partial charge on any atom is 0.417 e. The molecule has 4 aliphatic rings. The van der Waals surface area contributed by atoms with Gasteiger partial charge in [0.2, 0.25) is 23.6 Å². The number of amidine groups is 1. The highest BCUT2D eigenvalue weighted by Gasteiger charge is 2.43. The van der Waals surface area contributed by atoms with Crippen molar-refractivity contribution in [3.63, 3.8) is 0 Å². The normalized spacial score (nSPS) is 18.5. The number of imide groups is 2. The number of nitriles is 1. The van der Waals surface area contributed by atoms with Crippen molar-refractivity contribution in [1.29, 1.82) is 16.1 Å². The lowest BCUT2D eigenvalue weighted by molar-refractivity contribution is -0.138. The number of hydrogen-bond acceptors (Lipinski definition) is 12. The van der Waals surface area contributed by atoms with E-state index < -0.39 is 52.9 Å². The van der Waals surface area contributed by atoms with Gasteiger partial charge in [-0.1, -0.05) is 6.92 Å². The van der Waals surface area contributed by atoms with E-state index in [1.165, 1.54) is 25.1 Å². The van der Waals surface area contributed by atoms with Crippen LogP contribution in [0.4, 0.5) is 24.5 Å². The van der Waals surface area contributed by atoms with Crippen LogP contribution in [0.5, 0.6) is 0 Å². The Morgan fingerprint density at radius 1 is 0.900 bits per heavy atom. The van der Waals surface area contributed by atoms with E-state index in [0.717, 1.165) is 68.3 Å². The van der Waals surface area contributed by atoms with Crippen molar-refractivity contribution in [3.05, 3.63) is 70.8 Å². The predicted molar refractivity (Wildman–Crippen MR) is 214 cm³/mol. The number of piperidine rings is 2. The van der Waals surface area contributed by atoms with Crippen molar-refractivity contribution in [3.8, 4) is 6.07 Å². The standard InChI is InChI=1S/C42H48F3N9O6/c1-3-35(39(57)49-25(2)55)54-40(58)32-7-6-30(18-33(32)41(54)59)52-14-10-26(11-15-52)21-51-22-27(23-51)24-60-37(48)9-8-36(47)50-38(56)28-12-16-53(17-13-28)31-5-4-29(20-46)34(19-31)42(43,44)45/h4-9,18-19,26-28,35,48H,3,10-17,21-24H2,1-2H3,(H2,47,50,56)(H,49,55,57)/b9-8-,48-37?. The number of likely N-dealkylation sites (tertiary alicyclic amines) is 1. The Hall–Kier alpha value is -6.09. The van der Waals surface area contributed by atoms with Crippen LogP contribution >= 0.6 is 0 Å². The third-order valence-corrected chi connectivity index (χ3v) is 11.5. The van der Waals surface area contributed by atoms with E-state index in [-0.39, 0.29) is 41.1 Å². The van der Waals surface area contributed by atoms with Gasteiger partial charge in [-0.2, -0.15) is 18.4 Å². The molecule has 3 fully saturated rings. The summed E-state index contributed by atoms with van der Waals surface area (Å²) in [7, 11) is 0. The summed E-state index contributed by atoms with van der Waals surface area (Å²) >= 11 is 0. The van der Waals surface area contributed by atoms with Gasteiger partial charge in [0.05, 0.1) is 34.9 Å². The van der Waals surface area contributed by atoms with Crippen molar-refractivity contribution in [1.82, 2.24) is 20.4 Å². The number of rotatable bonds is 12. The van der Waals surface area contributed by atoms with Gasteiger partial charge in [-0.05, 0) is 80.5 Å².